The Balaban J connectivity index is 0.00000111. The molecule has 0 saturated carbocycles. The van der Waals surface area contributed by atoms with Crippen LogP contribution in [0.1, 0.15) is 51.7 Å². The van der Waals surface area contributed by atoms with E-state index >= 15 is 0 Å². The third-order valence-electron chi connectivity index (χ3n) is 6.91. The first-order valence-electron chi connectivity index (χ1n) is 12.8. The highest BCUT2D eigenvalue weighted by Crippen LogP contribution is 2.25. The summed E-state index contributed by atoms with van der Waals surface area (Å²) in [6.07, 6.45) is 7.60. The average molecular weight is 482 g/mol. The Bertz CT molecular complexity index is 1110. The standard InChI is InChI=1S/C26H33N3O3.C2H6.CH4/c1-18-3-5-22-19(2)14-26(30)29(23(22)13-18)17-28-9-7-21(8-10-28)27-16-20-4-6-24-25(15-20)32-12-11-31-24;1-2;/h3-5,13-15,21,24,27H,6-12,16-17H2,1-2H3;1-2H3;1H4. The van der Waals surface area contributed by atoms with Crippen molar-refractivity contribution < 1.29 is 9.47 Å². The summed E-state index contributed by atoms with van der Waals surface area (Å²) in [6, 6.07) is 8.65. The van der Waals surface area contributed by atoms with E-state index in [0.29, 0.717) is 25.9 Å². The van der Waals surface area contributed by atoms with Crippen molar-refractivity contribution in [3.05, 3.63) is 69.2 Å². The van der Waals surface area contributed by atoms with E-state index in [0.717, 1.165) is 61.1 Å². The van der Waals surface area contributed by atoms with Gasteiger partial charge in [0, 0.05) is 37.1 Å². The second-order valence-corrected chi connectivity index (χ2v) is 9.30. The summed E-state index contributed by atoms with van der Waals surface area (Å²) < 4.78 is 13.4. The fraction of sp³-hybridized carbons (Fsp3) is 0.552. The van der Waals surface area contributed by atoms with Crippen LogP contribution in [0.2, 0.25) is 0 Å². The highest BCUT2D eigenvalue weighted by atomic mass is 16.6. The van der Waals surface area contributed by atoms with Gasteiger partial charge in [-0.25, -0.2) is 0 Å². The normalized spacial score (nSPS) is 20.5. The van der Waals surface area contributed by atoms with Crippen LogP contribution in [0.25, 0.3) is 10.9 Å². The Labute approximate surface area is 210 Å². The lowest BCUT2D eigenvalue weighted by Crippen LogP contribution is -2.44. The molecule has 2 saturated heterocycles. The second-order valence-electron chi connectivity index (χ2n) is 9.30. The quantitative estimate of drug-likeness (QED) is 0.657. The molecule has 1 aromatic heterocycles. The maximum absolute atomic E-state index is 12.8. The van der Waals surface area contributed by atoms with Crippen LogP contribution in [0.15, 0.2) is 52.5 Å². The van der Waals surface area contributed by atoms with Crippen molar-refractivity contribution in [1.29, 1.82) is 0 Å². The van der Waals surface area contributed by atoms with Crippen molar-refractivity contribution in [3.63, 3.8) is 0 Å². The largest absolute Gasteiger partial charge is 0.493 e. The van der Waals surface area contributed by atoms with Gasteiger partial charge in [-0.2, -0.15) is 0 Å². The fourth-order valence-electron chi connectivity index (χ4n) is 5.01. The van der Waals surface area contributed by atoms with Crippen LogP contribution in [0.5, 0.6) is 0 Å². The summed E-state index contributed by atoms with van der Waals surface area (Å²) in [6.45, 7) is 12.9. The summed E-state index contributed by atoms with van der Waals surface area (Å²) >= 11 is 0. The Morgan fingerprint density at radius 3 is 2.63 bits per heavy atom. The summed E-state index contributed by atoms with van der Waals surface area (Å²) in [7, 11) is 0. The molecule has 2 aromatic rings. The van der Waals surface area contributed by atoms with E-state index < -0.39 is 0 Å². The highest BCUT2D eigenvalue weighted by molar-refractivity contribution is 5.83. The molecule has 0 spiro atoms. The minimum absolute atomic E-state index is 0. The van der Waals surface area contributed by atoms with Gasteiger partial charge in [-0.3, -0.25) is 14.3 Å². The minimum atomic E-state index is 0. The zero-order valence-electron chi connectivity index (χ0n) is 21.1. The van der Waals surface area contributed by atoms with Gasteiger partial charge in [0.05, 0.1) is 18.8 Å². The SMILES string of the molecule is C.CC.Cc1ccc2c(C)cc(=O)n(CN3CCC(NCC4=CCC5OCCOC5=C4)CC3)c2c1. The smallest absolute Gasteiger partial charge is 0.252 e. The Morgan fingerprint density at radius 1 is 1.09 bits per heavy atom. The number of aromatic nitrogens is 1. The van der Waals surface area contributed by atoms with Crippen LogP contribution in [0, 0.1) is 13.8 Å². The summed E-state index contributed by atoms with van der Waals surface area (Å²) in [5.41, 5.74) is 4.65. The molecule has 3 aliphatic rings. The van der Waals surface area contributed by atoms with Crippen LogP contribution in [0.3, 0.4) is 0 Å². The van der Waals surface area contributed by atoms with Crippen molar-refractivity contribution in [2.75, 3.05) is 32.8 Å². The molecular formula is C29H43N3O3. The first-order valence-corrected chi connectivity index (χ1v) is 12.8. The van der Waals surface area contributed by atoms with Gasteiger partial charge in [-0.15, -0.1) is 0 Å². The number of pyridine rings is 1. The molecule has 2 aliphatic heterocycles. The second kappa shape index (κ2) is 12.5. The van der Waals surface area contributed by atoms with Gasteiger partial charge in [0.25, 0.3) is 5.56 Å². The van der Waals surface area contributed by atoms with Gasteiger partial charge in [0.15, 0.2) is 0 Å². The van der Waals surface area contributed by atoms with Crippen LogP contribution in [-0.2, 0) is 16.1 Å². The Hall–Kier alpha value is -2.41. The van der Waals surface area contributed by atoms with Crippen molar-refractivity contribution in [2.45, 2.75) is 73.2 Å². The van der Waals surface area contributed by atoms with Crippen LogP contribution >= 0.6 is 0 Å². The molecule has 6 nitrogen and oxygen atoms in total. The summed E-state index contributed by atoms with van der Waals surface area (Å²) in [4.78, 5) is 15.2. The lowest BCUT2D eigenvalue weighted by atomic mass is 10.0. The van der Waals surface area contributed by atoms with E-state index in [1.54, 1.807) is 6.07 Å². The van der Waals surface area contributed by atoms with Gasteiger partial charge in [0.1, 0.15) is 18.5 Å². The van der Waals surface area contributed by atoms with Crippen LogP contribution in [-0.4, -0.2) is 54.5 Å². The number of ether oxygens (including phenoxy) is 2. The topological polar surface area (TPSA) is 55.7 Å². The Morgan fingerprint density at radius 2 is 1.86 bits per heavy atom. The lowest BCUT2D eigenvalue weighted by Gasteiger charge is -2.33. The molecule has 1 N–H and O–H groups in total. The number of hydrogen-bond acceptors (Lipinski definition) is 5. The number of aryl methyl sites for hydroxylation is 2. The van der Waals surface area contributed by atoms with E-state index in [4.69, 9.17) is 9.47 Å². The number of nitrogens with zero attached hydrogens (tertiary/aromatic N) is 2. The third-order valence-corrected chi connectivity index (χ3v) is 6.91. The highest BCUT2D eigenvalue weighted by Gasteiger charge is 2.24. The van der Waals surface area contributed by atoms with Crippen LogP contribution in [0.4, 0.5) is 0 Å². The van der Waals surface area contributed by atoms with E-state index in [1.807, 2.05) is 25.3 Å². The van der Waals surface area contributed by atoms with Gasteiger partial charge in [-0.1, -0.05) is 39.5 Å². The third kappa shape index (κ3) is 6.43. The maximum atomic E-state index is 12.8. The molecule has 0 radical (unpaired) electrons. The molecule has 2 fully saturated rings. The van der Waals surface area contributed by atoms with Gasteiger partial charge >= 0.3 is 0 Å². The molecular weight excluding hydrogens is 438 g/mol. The van der Waals surface area contributed by atoms with Gasteiger partial charge in [0.2, 0.25) is 0 Å². The molecule has 3 heterocycles. The molecule has 1 aromatic carbocycles. The number of hydrogen-bond donors (Lipinski definition) is 1. The summed E-state index contributed by atoms with van der Waals surface area (Å²) in [5, 5.41) is 4.89. The van der Waals surface area contributed by atoms with Crippen molar-refractivity contribution in [3.8, 4) is 0 Å². The fourth-order valence-corrected chi connectivity index (χ4v) is 5.01. The Kier molecular flexibility index (Phi) is 9.72. The van der Waals surface area contributed by atoms with Gasteiger partial charge < -0.3 is 14.8 Å². The number of fused-ring (bicyclic) bond motifs is 2. The van der Waals surface area contributed by atoms with E-state index in [9.17, 15) is 4.79 Å². The van der Waals surface area contributed by atoms with Crippen molar-refractivity contribution >= 4 is 10.9 Å². The van der Waals surface area contributed by atoms with E-state index in [2.05, 4.69) is 47.5 Å². The number of nitrogens with one attached hydrogen (secondary N) is 1. The van der Waals surface area contributed by atoms with Crippen molar-refractivity contribution in [2.24, 2.45) is 0 Å². The van der Waals surface area contributed by atoms with E-state index in [1.165, 1.54) is 11.1 Å². The molecule has 6 heteroatoms. The number of benzene rings is 1. The molecule has 1 unspecified atom stereocenters. The molecule has 1 atom stereocenters. The molecule has 5 rings (SSSR count). The molecule has 35 heavy (non-hydrogen) atoms. The molecule has 1 aliphatic carbocycles. The average Bonchev–Trinajstić information content (AvgIpc) is 2.87. The molecule has 0 bridgehead atoms. The van der Waals surface area contributed by atoms with E-state index in [-0.39, 0.29) is 19.1 Å². The first kappa shape index (κ1) is 27.2. The maximum Gasteiger partial charge on any atom is 0.252 e. The predicted octanol–water partition coefficient (Wildman–Crippen LogP) is 4.92. The number of rotatable bonds is 5. The van der Waals surface area contributed by atoms with Gasteiger partial charge in [-0.05, 0) is 62.0 Å². The lowest BCUT2D eigenvalue weighted by molar-refractivity contribution is -0.0417. The van der Waals surface area contributed by atoms with Crippen molar-refractivity contribution in [1.82, 2.24) is 14.8 Å². The monoisotopic (exact) mass is 481 g/mol. The first-order chi connectivity index (χ1) is 16.6. The molecule has 0 amide bonds. The number of piperidine rings is 1. The van der Waals surface area contributed by atoms with Crippen LogP contribution < -0.4 is 10.9 Å². The predicted molar refractivity (Wildman–Crippen MR) is 145 cm³/mol. The molecule has 192 valence electrons. The zero-order chi connectivity index (χ0) is 24.1. The number of likely N-dealkylation sites (tertiary alicyclic amines) is 1. The summed E-state index contributed by atoms with van der Waals surface area (Å²) in [5.74, 6) is 0.983. The zero-order valence-corrected chi connectivity index (χ0v) is 21.1. The minimum Gasteiger partial charge on any atom is -0.493 e.